The fraction of sp³-hybridized carbons (Fsp3) is 0.500. The summed E-state index contributed by atoms with van der Waals surface area (Å²) in [6, 6.07) is 0. The van der Waals surface area contributed by atoms with Crippen molar-refractivity contribution in [1.82, 2.24) is 9.97 Å². The van der Waals surface area contributed by atoms with Crippen molar-refractivity contribution >= 4 is 34.8 Å². The normalized spacial score (nSPS) is 19.6. The van der Waals surface area contributed by atoms with Gasteiger partial charge in [0.05, 0.1) is 12.4 Å². The highest BCUT2D eigenvalue weighted by atomic mass is 32.2. The molecule has 0 spiro atoms. The van der Waals surface area contributed by atoms with E-state index in [-0.39, 0.29) is 4.99 Å². The molecule has 1 unspecified atom stereocenters. The van der Waals surface area contributed by atoms with Crippen molar-refractivity contribution in [2.75, 3.05) is 17.6 Å². The van der Waals surface area contributed by atoms with E-state index >= 15 is 0 Å². The zero-order valence-corrected chi connectivity index (χ0v) is 10.5. The van der Waals surface area contributed by atoms with Gasteiger partial charge in [0.2, 0.25) is 0 Å². The van der Waals surface area contributed by atoms with Crippen molar-refractivity contribution in [1.29, 1.82) is 0 Å². The Morgan fingerprint density at radius 3 is 3.00 bits per heavy atom. The minimum Gasteiger partial charge on any atom is -0.388 e. The van der Waals surface area contributed by atoms with Crippen molar-refractivity contribution in [3.63, 3.8) is 0 Å². The van der Waals surface area contributed by atoms with Crippen LogP contribution in [0.4, 0.5) is 5.82 Å². The predicted octanol–water partition coefficient (Wildman–Crippen LogP) is 1.42. The molecular formula is C10H14N4S2. The van der Waals surface area contributed by atoms with Crippen LogP contribution >= 0.6 is 24.0 Å². The molecule has 0 aliphatic carbocycles. The lowest BCUT2D eigenvalue weighted by atomic mass is 10.2. The summed E-state index contributed by atoms with van der Waals surface area (Å²) in [5.74, 6) is 2.06. The van der Waals surface area contributed by atoms with Crippen LogP contribution in [0.2, 0.25) is 0 Å². The van der Waals surface area contributed by atoms with E-state index in [1.54, 1.807) is 12.4 Å². The number of thioether (sulfide) groups is 1. The molecule has 4 nitrogen and oxygen atoms in total. The van der Waals surface area contributed by atoms with Crippen LogP contribution in [0.25, 0.3) is 0 Å². The van der Waals surface area contributed by atoms with Gasteiger partial charge < -0.3 is 11.1 Å². The van der Waals surface area contributed by atoms with Gasteiger partial charge in [-0.05, 0) is 18.6 Å². The molecule has 86 valence electrons. The molecule has 16 heavy (non-hydrogen) atoms. The molecule has 1 atom stereocenters. The molecule has 1 aromatic rings. The zero-order valence-electron chi connectivity index (χ0n) is 8.85. The Labute approximate surface area is 104 Å². The van der Waals surface area contributed by atoms with Crippen LogP contribution in [-0.4, -0.2) is 32.5 Å². The van der Waals surface area contributed by atoms with Crippen molar-refractivity contribution < 1.29 is 0 Å². The number of nitrogens with one attached hydrogen (secondary N) is 1. The van der Waals surface area contributed by atoms with E-state index in [1.807, 2.05) is 11.8 Å². The molecule has 1 aliphatic heterocycles. The molecule has 3 N–H and O–H groups in total. The van der Waals surface area contributed by atoms with Gasteiger partial charge in [-0.3, -0.25) is 0 Å². The molecule has 1 saturated heterocycles. The second kappa shape index (κ2) is 5.45. The topological polar surface area (TPSA) is 63.8 Å². The van der Waals surface area contributed by atoms with Crippen molar-refractivity contribution in [2.24, 2.45) is 5.73 Å². The molecule has 0 amide bonds. The van der Waals surface area contributed by atoms with E-state index < -0.39 is 0 Å². The molecule has 1 fully saturated rings. The van der Waals surface area contributed by atoms with Gasteiger partial charge in [-0.1, -0.05) is 12.2 Å². The van der Waals surface area contributed by atoms with Gasteiger partial charge in [-0.25, -0.2) is 9.97 Å². The quantitative estimate of drug-likeness (QED) is 0.792. The lowest BCUT2D eigenvalue weighted by Crippen LogP contribution is -2.16. The van der Waals surface area contributed by atoms with Gasteiger partial charge in [0, 0.05) is 11.8 Å². The summed E-state index contributed by atoms with van der Waals surface area (Å²) in [4.78, 5) is 8.62. The lowest BCUT2D eigenvalue weighted by molar-refractivity contribution is 0.803. The van der Waals surface area contributed by atoms with E-state index in [4.69, 9.17) is 18.0 Å². The van der Waals surface area contributed by atoms with Gasteiger partial charge in [-0.15, -0.1) is 0 Å². The second-order valence-electron chi connectivity index (χ2n) is 3.67. The molecule has 0 bridgehead atoms. The number of aromatic nitrogens is 2. The lowest BCUT2D eigenvalue weighted by Gasteiger charge is -2.10. The minimum atomic E-state index is 0.283. The van der Waals surface area contributed by atoms with Crippen LogP contribution in [0.1, 0.15) is 18.5 Å². The van der Waals surface area contributed by atoms with Crippen LogP contribution in [0.3, 0.4) is 0 Å². The molecule has 0 radical (unpaired) electrons. The van der Waals surface area contributed by atoms with Crippen molar-refractivity contribution in [2.45, 2.75) is 18.1 Å². The van der Waals surface area contributed by atoms with Gasteiger partial charge in [0.25, 0.3) is 0 Å². The Morgan fingerprint density at radius 2 is 2.44 bits per heavy atom. The zero-order chi connectivity index (χ0) is 11.4. The van der Waals surface area contributed by atoms with Crippen LogP contribution in [0, 0.1) is 0 Å². The number of thiocarbonyl (C=S) groups is 1. The first-order valence-corrected chi connectivity index (χ1v) is 6.69. The summed E-state index contributed by atoms with van der Waals surface area (Å²) >= 11 is 6.83. The highest BCUT2D eigenvalue weighted by molar-refractivity contribution is 8.00. The fourth-order valence-electron chi connectivity index (χ4n) is 1.57. The van der Waals surface area contributed by atoms with Crippen LogP contribution < -0.4 is 11.1 Å². The first-order valence-electron chi connectivity index (χ1n) is 5.23. The maximum atomic E-state index is 5.44. The number of rotatable bonds is 4. The Kier molecular flexibility index (Phi) is 3.95. The van der Waals surface area contributed by atoms with E-state index in [2.05, 4.69) is 15.3 Å². The van der Waals surface area contributed by atoms with Gasteiger partial charge in [0.15, 0.2) is 0 Å². The van der Waals surface area contributed by atoms with E-state index in [0.29, 0.717) is 10.9 Å². The molecule has 0 aromatic carbocycles. The van der Waals surface area contributed by atoms with E-state index in [9.17, 15) is 0 Å². The largest absolute Gasteiger partial charge is 0.388 e. The maximum absolute atomic E-state index is 5.44. The first kappa shape index (κ1) is 11.6. The van der Waals surface area contributed by atoms with Crippen molar-refractivity contribution in [3.05, 3.63) is 18.1 Å². The maximum Gasteiger partial charge on any atom is 0.144 e. The molecule has 1 aliphatic rings. The third-order valence-electron chi connectivity index (χ3n) is 2.44. The number of hydrogen-bond donors (Lipinski definition) is 2. The fourth-order valence-corrected chi connectivity index (χ4v) is 2.88. The second-order valence-corrected chi connectivity index (χ2v) is 5.52. The van der Waals surface area contributed by atoms with E-state index in [1.165, 1.54) is 18.6 Å². The minimum absolute atomic E-state index is 0.283. The third-order valence-corrected chi connectivity index (χ3v) is 4.05. The van der Waals surface area contributed by atoms with Crippen LogP contribution in [0.15, 0.2) is 12.4 Å². The SMILES string of the molecule is NC(=S)c1cnc(NCC2CCCS2)cn1. The molecule has 2 rings (SSSR count). The Morgan fingerprint density at radius 1 is 1.56 bits per heavy atom. The van der Waals surface area contributed by atoms with Crippen LogP contribution in [-0.2, 0) is 0 Å². The molecule has 1 aromatic heterocycles. The first-order chi connectivity index (χ1) is 7.75. The smallest absolute Gasteiger partial charge is 0.144 e. The molecule has 6 heteroatoms. The highest BCUT2D eigenvalue weighted by Gasteiger charge is 2.15. The summed E-state index contributed by atoms with van der Waals surface area (Å²) in [6.07, 6.45) is 5.89. The molecule has 2 heterocycles. The summed E-state index contributed by atoms with van der Waals surface area (Å²) in [5.41, 5.74) is 6.01. The standard InChI is InChI=1S/C10H14N4S2/c11-10(15)8-5-14-9(6-12-8)13-4-7-2-1-3-16-7/h5-7H,1-4H2,(H2,11,15)(H,13,14). The number of nitrogens with zero attached hydrogens (tertiary/aromatic N) is 2. The summed E-state index contributed by atoms with van der Waals surface area (Å²) in [5, 5.41) is 3.98. The third kappa shape index (κ3) is 3.05. The van der Waals surface area contributed by atoms with Gasteiger partial charge in [0.1, 0.15) is 16.5 Å². The number of anilines is 1. The Hall–Kier alpha value is -0.880. The predicted molar refractivity (Wildman–Crippen MR) is 71.9 cm³/mol. The summed E-state index contributed by atoms with van der Waals surface area (Å²) in [6.45, 7) is 0.950. The molecular weight excluding hydrogens is 240 g/mol. The van der Waals surface area contributed by atoms with Gasteiger partial charge in [-0.2, -0.15) is 11.8 Å². The Bertz CT molecular complexity index is 360. The average molecular weight is 254 g/mol. The van der Waals surface area contributed by atoms with Crippen LogP contribution in [0.5, 0.6) is 0 Å². The average Bonchev–Trinajstić information content (AvgIpc) is 2.80. The highest BCUT2D eigenvalue weighted by Crippen LogP contribution is 2.25. The number of nitrogens with two attached hydrogens (primary N) is 1. The van der Waals surface area contributed by atoms with Gasteiger partial charge >= 0.3 is 0 Å². The summed E-state index contributed by atoms with van der Waals surface area (Å²) < 4.78 is 0. The van der Waals surface area contributed by atoms with Crippen molar-refractivity contribution in [3.8, 4) is 0 Å². The Balaban J connectivity index is 1.87. The van der Waals surface area contributed by atoms with E-state index in [0.717, 1.165) is 12.4 Å². The summed E-state index contributed by atoms with van der Waals surface area (Å²) in [7, 11) is 0. The monoisotopic (exact) mass is 254 g/mol. The number of hydrogen-bond acceptors (Lipinski definition) is 5. The molecule has 0 saturated carbocycles.